The second-order valence-corrected chi connectivity index (χ2v) is 12.7. The van der Waals surface area contributed by atoms with Crippen LogP contribution in [-0.2, 0) is 10.0 Å². The first-order chi connectivity index (χ1) is 18.2. The van der Waals surface area contributed by atoms with Gasteiger partial charge in [-0.15, -0.1) is 0 Å². The second-order valence-electron chi connectivity index (χ2n) is 9.80. The molecule has 0 saturated carbocycles. The van der Waals surface area contributed by atoms with Crippen molar-refractivity contribution in [3.63, 3.8) is 0 Å². The van der Waals surface area contributed by atoms with Crippen molar-refractivity contribution in [1.82, 2.24) is 19.5 Å². The zero-order chi connectivity index (χ0) is 26.9. The van der Waals surface area contributed by atoms with Crippen LogP contribution in [0.15, 0.2) is 41.3 Å². The van der Waals surface area contributed by atoms with E-state index in [1.54, 1.807) is 16.4 Å². The third-order valence-electron chi connectivity index (χ3n) is 7.22. The van der Waals surface area contributed by atoms with E-state index in [0.717, 1.165) is 38.4 Å². The number of anilines is 1. The van der Waals surface area contributed by atoms with Gasteiger partial charge in [0.2, 0.25) is 10.0 Å². The first-order valence-electron chi connectivity index (χ1n) is 12.9. The molecule has 1 atom stereocenters. The van der Waals surface area contributed by atoms with Crippen LogP contribution in [0.1, 0.15) is 36.5 Å². The molecule has 0 bridgehead atoms. The average Bonchev–Trinajstić information content (AvgIpc) is 3.34. The number of halogens is 2. The SMILES string of the molecule is CC1CCCCN1S(=O)(=O)c1ccc(C(=O)NCCN2CCN(c3nc4c(F)cc(F)cc4s3)CC2)cc1. The number of rotatable bonds is 7. The van der Waals surface area contributed by atoms with E-state index in [9.17, 15) is 22.0 Å². The highest BCUT2D eigenvalue weighted by Crippen LogP contribution is 2.31. The summed E-state index contributed by atoms with van der Waals surface area (Å²) in [4.78, 5) is 21.5. The van der Waals surface area contributed by atoms with Crippen LogP contribution < -0.4 is 10.2 Å². The van der Waals surface area contributed by atoms with Crippen molar-refractivity contribution < 1.29 is 22.0 Å². The minimum atomic E-state index is -3.57. The van der Waals surface area contributed by atoms with Crippen molar-refractivity contribution in [3.8, 4) is 0 Å². The largest absolute Gasteiger partial charge is 0.351 e. The Hall–Kier alpha value is -2.67. The maximum Gasteiger partial charge on any atom is 0.251 e. The summed E-state index contributed by atoms with van der Waals surface area (Å²) in [5.74, 6) is -1.50. The van der Waals surface area contributed by atoms with Gasteiger partial charge in [-0.05, 0) is 50.1 Å². The third-order valence-corrected chi connectivity index (χ3v) is 10.3. The number of amides is 1. The number of hydrogen-bond donors (Lipinski definition) is 1. The maximum absolute atomic E-state index is 14.0. The third kappa shape index (κ3) is 5.68. The van der Waals surface area contributed by atoms with Crippen LogP contribution in [0.4, 0.5) is 13.9 Å². The normalized spacial score (nSPS) is 19.7. The zero-order valence-corrected chi connectivity index (χ0v) is 22.8. The van der Waals surface area contributed by atoms with E-state index in [4.69, 9.17) is 0 Å². The van der Waals surface area contributed by atoms with E-state index in [1.165, 1.54) is 29.5 Å². The van der Waals surface area contributed by atoms with Crippen molar-refractivity contribution in [2.45, 2.75) is 37.1 Å². The van der Waals surface area contributed by atoms with Crippen LogP contribution in [0, 0.1) is 11.6 Å². The topological polar surface area (TPSA) is 85.8 Å². The van der Waals surface area contributed by atoms with Crippen LogP contribution in [0.3, 0.4) is 0 Å². The van der Waals surface area contributed by atoms with Crippen molar-refractivity contribution in [3.05, 3.63) is 53.6 Å². The summed E-state index contributed by atoms with van der Waals surface area (Å²) in [6, 6.07) is 8.27. The summed E-state index contributed by atoms with van der Waals surface area (Å²) >= 11 is 1.28. The number of nitrogens with one attached hydrogen (secondary N) is 1. The zero-order valence-electron chi connectivity index (χ0n) is 21.2. The highest BCUT2D eigenvalue weighted by atomic mass is 32.2. The molecule has 3 aromatic rings. The molecule has 1 N–H and O–H groups in total. The fourth-order valence-corrected chi connectivity index (χ4v) is 7.77. The number of piperazine rings is 1. The van der Waals surface area contributed by atoms with Crippen molar-refractivity contribution in [2.75, 3.05) is 50.7 Å². The molecule has 0 radical (unpaired) electrons. The van der Waals surface area contributed by atoms with E-state index < -0.39 is 21.7 Å². The Labute approximate surface area is 225 Å². The van der Waals surface area contributed by atoms with Crippen LogP contribution in [0.2, 0.25) is 0 Å². The molecule has 3 heterocycles. The number of benzene rings is 2. The van der Waals surface area contributed by atoms with Crippen LogP contribution in [0.25, 0.3) is 10.2 Å². The number of sulfonamides is 1. The van der Waals surface area contributed by atoms with Crippen molar-refractivity contribution in [1.29, 1.82) is 0 Å². The number of aromatic nitrogens is 1. The average molecular weight is 564 g/mol. The van der Waals surface area contributed by atoms with E-state index in [0.29, 0.717) is 48.1 Å². The quantitative estimate of drug-likeness (QED) is 0.472. The monoisotopic (exact) mass is 563 g/mol. The Morgan fingerprint density at radius 2 is 1.82 bits per heavy atom. The number of hydrogen-bond acceptors (Lipinski definition) is 7. The van der Waals surface area contributed by atoms with Gasteiger partial charge in [-0.1, -0.05) is 17.8 Å². The summed E-state index contributed by atoms with van der Waals surface area (Å²) in [7, 11) is -3.57. The van der Waals surface area contributed by atoms with Gasteiger partial charge in [0, 0.05) is 63.5 Å². The fourth-order valence-electron chi connectivity index (χ4n) is 5.02. The molecule has 2 aliphatic rings. The van der Waals surface area contributed by atoms with Crippen molar-refractivity contribution >= 4 is 42.6 Å². The Morgan fingerprint density at radius 1 is 1.08 bits per heavy atom. The molecule has 204 valence electrons. The molecule has 38 heavy (non-hydrogen) atoms. The van der Waals surface area contributed by atoms with Crippen LogP contribution >= 0.6 is 11.3 Å². The minimum absolute atomic E-state index is 0.0210. The number of piperidine rings is 1. The molecule has 1 amide bonds. The lowest BCUT2D eigenvalue weighted by atomic mass is 10.1. The predicted molar refractivity (Wildman–Crippen MR) is 144 cm³/mol. The molecule has 8 nitrogen and oxygen atoms in total. The van der Waals surface area contributed by atoms with Gasteiger partial charge in [-0.2, -0.15) is 4.31 Å². The maximum atomic E-state index is 14.0. The van der Waals surface area contributed by atoms with E-state index in [-0.39, 0.29) is 22.4 Å². The van der Waals surface area contributed by atoms with Gasteiger partial charge in [-0.25, -0.2) is 22.2 Å². The standard InChI is InChI=1S/C26H31F2N5O3S2/c1-18-4-2-3-10-33(18)38(35,36)21-7-5-19(6-8-21)25(34)29-9-11-31-12-14-32(15-13-31)26-30-24-22(28)16-20(27)17-23(24)37-26/h5-8,16-18H,2-4,9-15H2,1H3,(H,29,34). The first kappa shape index (κ1) is 26.9. The van der Waals surface area contributed by atoms with Gasteiger partial charge in [0.25, 0.3) is 5.91 Å². The lowest BCUT2D eigenvalue weighted by molar-refractivity contribution is 0.0947. The van der Waals surface area contributed by atoms with Gasteiger partial charge < -0.3 is 10.2 Å². The lowest BCUT2D eigenvalue weighted by Crippen LogP contribution is -2.48. The molecule has 1 unspecified atom stereocenters. The van der Waals surface area contributed by atoms with E-state index in [1.807, 2.05) is 6.92 Å². The number of carbonyl (C=O) groups excluding carboxylic acids is 1. The Kier molecular flexibility index (Phi) is 7.94. The summed E-state index contributed by atoms with van der Waals surface area (Å²) in [6.07, 6.45) is 2.76. The minimum Gasteiger partial charge on any atom is -0.351 e. The molecule has 12 heteroatoms. The molecule has 2 aromatic carbocycles. The summed E-state index contributed by atoms with van der Waals surface area (Å²) < 4.78 is 55.5. The summed E-state index contributed by atoms with van der Waals surface area (Å²) in [5, 5.41) is 3.58. The lowest BCUT2D eigenvalue weighted by Gasteiger charge is -2.34. The number of carbonyl (C=O) groups is 1. The number of fused-ring (bicyclic) bond motifs is 1. The highest BCUT2D eigenvalue weighted by Gasteiger charge is 2.31. The molecule has 2 saturated heterocycles. The molecule has 0 spiro atoms. The van der Waals surface area contributed by atoms with Gasteiger partial charge in [-0.3, -0.25) is 9.69 Å². The smallest absolute Gasteiger partial charge is 0.251 e. The van der Waals surface area contributed by atoms with Crippen LogP contribution in [-0.4, -0.2) is 80.4 Å². The first-order valence-corrected chi connectivity index (χ1v) is 15.1. The number of nitrogens with zero attached hydrogens (tertiary/aromatic N) is 4. The van der Waals surface area contributed by atoms with Gasteiger partial charge in [0.15, 0.2) is 10.9 Å². The predicted octanol–water partition coefficient (Wildman–Crippen LogP) is 3.69. The Morgan fingerprint density at radius 3 is 2.53 bits per heavy atom. The highest BCUT2D eigenvalue weighted by molar-refractivity contribution is 7.89. The Balaban J connectivity index is 1.09. The summed E-state index contributed by atoms with van der Waals surface area (Å²) in [5.41, 5.74) is 0.614. The Bertz CT molecular complexity index is 1410. The van der Waals surface area contributed by atoms with Crippen LogP contribution in [0.5, 0.6) is 0 Å². The van der Waals surface area contributed by atoms with Crippen molar-refractivity contribution in [2.24, 2.45) is 0 Å². The molecule has 2 aliphatic heterocycles. The molecular formula is C26H31F2N5O3S2. The number of thiazole rings is 1. The molecule has 2 fully saturated rings. The molecule has 5 rings (SSSR count). The van der Waals surface area contributed by atoms with E-state index >= 15 is 0 Å². The molecule has 1 aromatic heterocycles. The van der Waals surface area contributed by atoms with Gasteiger partial charge in [0.1, 0.15) is 11.3 Å². The van der Waals surface area contributed by atoms with E-state index in [2.05, 4.69) is 20.1 Å². The molecule has 0 aliphatic carbocycles. The fraction of sp³-hybridized carbons (Fsp3) is 0.462. The summed E-state index contributed by atoms with van der Waals surface area (Å²) in [6.45, 7) is 6.48. The van der Waals surface area contributed by atoms with Gasteiger partial charge >= 0.3 is 0 Å². The second kappa shape index (κ2) is 11.2. The molecular weight excluding hydrogens is 532 g/mol. The van der Waals surface area contributed by atoms with Gasteiger partial charge in [0.05, 0.1) is 9.60 Å².